The number of amides is 1. The molecule has 1 aromatic carbocycles. The SMILES string of the molecule is COCC[C@H]1CC[C@H](N2CC(NC(=O)CNc3ncnc4ccc(C(F)(F)F)cc34)C2)CC1. The quantitative estimate of drug-likeness (QED) is 0.622. The number of carbonyl (C=O) groups excluding carboxylic acids is 1. The Bertz CT molecular complexity index is 957. The molecule has 0 spiro atoms. The van der Waals surface area contributed by atoms with E-state index in [1.54, 1.807) is 7.11 Å². The first kappa shape index (κ1) is 23.7. The summed E-state index contributed by atoms with van der Waals surface area (Å²) >= 11 is 0. The van der Waals surface area contributed by atoms with E-state index < -0.39 is 11.7 Å². The molecule has 10 heteroatoms. The molecular weight excluding hydrogens is 435 g/mol. The number of carbonyl (C=O) groups is 1. The van der Waals surface area contributed by atoms with Crippen LogP contribution >= 0.6 is 0 Å². The Morgan fingerprint density at radius 3 is 2.64 bits per heavy atom. The smallest absolute Gasteiger partial charge is 0.385 e. The van der Waals surface area contributed by atoms with Crippen molar-refractivity contribution in [3.8, 4) is 0 Å². The number of hydrogen-bond donors (Lipinski definition) is 2. The summed E-state index contributed by atoms with van der Waals surface area (Å²) in [5, 5.41) is 6.09. The fourth-order valence-electron chi connectivity index (χ4n) is 4.80. The summed E-state index contributed by atoms with van der Waals surface area (Å²) < 4.78 is 44.3. The number of halogens is 3. The third kappa shape index (κ3) is 5.92. The molecule has 4 rings (SSSR count). The van der Waals surface area contributed by atoms with E-state index in [-0.39, 0.29) is 29.7 Å². The van der Waals surface area contributed by atoms with Crippen LogP contribution in [0.2, 0.25) is 0 Å². The summed E-state index contributed by atoms with van der Waals surface area (Å²) in [6, 6.07) is 3.98. The second-order valence-electron chi connectivity index (χ2n) is 8.98. The van der Waals surface area contributed by atoms with Crippen molar-refractivity contribution in [2.24, 2.45) is 5.92 Å². The maximum Gasteiger partial charge on any atom is 0.416 e. The molecule has 1 aromatic heterocycles. The summed E-state index contributed by atoms with van der Waals surface area (Å²) in [5.41, 5.74) is -0.396. The van der Waals surface area contributed by atoms with Crippen molar-refractivity contribution in [2.45, 2.75) is 50.4 Å². The van der Waals surface area contributed by atoms with Gasteiger partial charge >= 0.3 is 6.18 Å². The summed E-state index contributed by atoms with van der Waals surface area (Å²) in [5.74, 6) is 0.762. The first-order valence-electron chi connectivity index (χ1n) is 11.4. The van der Waals surface area contributed by atoms with E-state index in [0.29, 0.717) is 11.6 Å². The van der Waals surface area contributed by atoms with Crippen LogP contribution in [0.3, 0.4) is 0 Å². The normalized spacial score (nSPS) is 22.2. The highest BCUT2D eigenvalue weighted by Crippen LogP contribution is 2.33. The molecule has 0 atom stereocenters. The number of alkyl halides is 3. The lowest BCUT2D eigenvalue weighted by Gasteiger charge is -2.46. The van der Waals surface area contributed by atoms with Crippen molar-refractivity contribution in [3.63, 3.8) is 0 Å². The minimum Gasteiger partial charge on any atom is -0.385 e. The molecule has 2 aliphatic rings. The average Bonchev–Trinajstić information content (AvgIpc) is 2.78. The first-order valence-corrected chi connectivity index (χ1v) is 11.4. The molecular formula is C23H30F3N5O2. The minimum absolute atomic E-state index is 0.0660. The largest absolute Gasteiger partial charge is 0.416 e. The highest BCUT2D eigenvalue weighted by Gasteiger charge is 2.35. The van der Waals surface area contributed by atoms with Crippen LogP contribution in [0.4, 0.5) is 19.0 Å². The molecule has 2 aromatic rings. The molecule has 1 aliphatic heterocycles. The van der Waals surface area contributed by atoms with E-state index in [4.69, 9.17) is 4.74 Å². The van der Waals surface area contributed by atoms with Gasteiger partial charge in [0.2, 0.25) is 5.91 Å². The van der Waals surface area contributed by atoms with Crippen molar-refractivity contribution < 1.29 is 22.7 Å². The molecule has 0 radical (unpaired) electrons. The number of rotatable bonds is 8. The Morgan fingerprint density at radius 1 is 1.18 bits per heavy atom. The van der Waals surface area contributed by atoms with Gasteiger partial charge in [-0.3, -0.25) is 9.69 Å². The van der Waals surface area contributed by atoms with E-state index >= 15 is 0 Å². The van der Waals surface area contributed by atoms with Crippen molar-refractivity contribution in [1.82, 2.24) is 20.2 Å². The monoisotopic (exact) mass is 465 g/mol. The zero-order valence-electron chi connectivity index (χ0n) is 18.7. The molecule has 2 N–H and O–H groups in total. The predicted octanol–water partition coefficient (Wildman–Crippen LogP) is 3.46. The Morgan fingerprint density at radius 2 is 1.94 bits per heavy atom. The predicted molar refractivity (Wildman–Crippen MR) is 119 cm³/mol. The zero-order chi connectivity index (χ0) is 23.4. The first-order chi connectivity index (χ1) is 15.8. The molecule has 7 nitrogen and oxygen atoms in total. The number of fused-ring (bicyclic) bond motifs is 1. The molecule has 1 aliphatic carbocycles. The van der Waals surface area contributed by atoms with Gasteiger partial charge in [0, 0.05) is 38.2 Å². The van der Waals surface area contributed by atoms with Crippen molar-refractivity contribution in [2.75, 3.05) is 38.7 Å². The Labute approximate surface area is 191 Å². The zero-order valence-corrected chi connectivity index (χ0v) is 18.7. The number of likely N-dealkylation sites (tertiary alicyclic amines) is 1. The van der Waals surface area contributed by atoms with Crippen LogP contribution in [0, 0.1) is 5.92 Å². The lowest BCUT2D eigenvalue weighted by atomic mass is 9.82. The van der Waals surface area contributed by atoms with Crippen LogP contribution in [0.25, 0.3) is 10.9 Å². The number of nitrogens with one attached hydrogen (secondary N) is 2. The molecule has 180 valence electrons. The van der Waals surface area contributed by atoms with Gasteiger partial charge in [0.05, 0.1) is 23.7 Å². The van der Waals surface area contributed by atoms with E-state index in [1.807, 2.05) is 0 Å². The topological polar surface area (TPSA) is 79.4 Å². The van der Waals surface area contributed by atoms with Gasteiger partial charge in [0.25, 0.3) is 0 Å². The molecule has 2 heterocycles. The second-order valence-corrected chi connectivity index (χ2v) is 8.98. The van der Waals surface area contributed by atoms with Crippen LogP contribution in [-0.4, -0.2) is 66.2 Å². The van der Waals surface area contributed by atoms with Crippen LogP contribution in [0.15, 0.2) is 24.5 Å². The van der Waals surface area contributed by atoms with Gasteiger partial charge in [-0.05, 0) is 56.2 Å². The number of aromatic nitrogens is 2. The van der Waals surface area contributed by atoms with E-state index in [9.17, 15) is 18.0 Å². The Hall–Kier alpha value is -2.46. The van der Waals surface area contributed by atoms with Gasteiger partial charge in [-0.1, -0.05) is 0 Å². The van der Waals surface area contributed by atoms with Crippen molar-refractivity contribution >= 4 is 22.6 Å². The number of hydrogen-bond acceptors (Lipinski definition) is 6. The maximum absolute atomic E-state index is 13.1. The van der Waals surface area contributed by atoms with Crippen molar-refractivity contribution in [3.05, 3.63) is 30.1 Å². The van der Waals surface area contributed by atoms with Gasteiger partial charge in [-0.15, -0.1) is 0 Å². The minimum atomic E-state index is -4.46. The standard InChI is InChI=1S/C23H30F3N5O2/c1-33-9-8-15-2-5-18(6-3-15)31-12-17(13-31)30-21(32)11-27-22-19-10-16(23(24,25)26)4-7-20(19)28-14-29-22/h4,7,10,14-15,17-18H,2-3,5-6,8-9,11-13H2,1H3,(H,30,32)(H,27,28,29)/t15-,18-. The summed E-state index contributed by atoms with van der Waals surface area (Å²) in [7, 11) is 1.75. The highest BCUT2D eigenvalue weighted by atomic mass is 19.4. The lowest BCUT2D eigenvalue weighted by Crippen LogP contribution is -2.63. The van der Waals surface area contributed by atoms with E-state index in [2.05, 4.69) is 25.5 Å². The summed E-state index contributed by atoms with van der Waals surface area (Å²) in [4.78, 5) is 22.8. The fourth-order valence-corrected chi connectivity index (χ4v) is 4.80. The molecule has 2 fully saturated rings. The summed E-state index contributed by atoms with van der Waals surface area (Å²) in [6.07, 6.45) is 2.78. The average molecular weight is 466 g/mol. The Kier molecular flexibility index (Phi) is 7.33. The lowest BCUT2D eigenvalue weighted by molar-refractivity contribution is -0.137. The van der Waals surface area contributed by atoms with Gasteiger partial charge in [0.1, 0.15) is 12.1 Å². The third-order valence-electron chi connectivity index (χ3n) is 6.72. The molecule has 1 amide bonds. The van der Waals surface area contributed by atoms with Crippen LogP contribution < -0.4 is 10.6 Å². The highest BCUT2D eigenvalue weighted by molar-refractivity contribution is 5.91. The van der Waals surface area contributed by atoms with Gasteiger partial charge < -0.3 is 15.4 Å². The summed E-state index contributed by atoms with van der Waals surface area (Å²) in [6.45, 7) is 2.44. The molecule has 0 bridgehead atoms. The Balaban J connectivity index is 1.23. The number of anilines is 1. The fraction of sp³-hybridized carbons (Fsp3) is 0.609. The molecule has 1 saturated heterocycles. The number of nitrogens with zero attached hydrogens (tertiary/aromatic N) is 3. The number of methoxy groups -OCH3 is 1. The van der Waals surface area contributed by atoms with Crippen molar-refractivity contribution in [1.29, 1.82) is 0 Å². The van der Waals surface area contributed by atoms with E-state index in [0.717, 1.165) is 44.2 Å². The van der Waals surface area contributed by atoms with Crippen LogP contribution in [0.1, 0.15) is 37.7 Å². The van der Waals surface area contributed by atoms with Gasteiger partial charge in [-0.25, -0.2) is 9.97 Å². The second kappa shape index (κ2) is 10.2. The third-order valence-corrected chi connectivity index (χ3v) is 6.72. The van der Waals surface area contributed by atoms with Crippen LogP contribution in [0.5, 0.6) is 0 Å². The van der Waals surface area contributed by atoms with Gasteiger partial charge in [-0.2, -0.15) is 13.2 Å². The van der Waals surface area contributed by atoms with Crippen LogP contribution in [-0.2, 0) is 15.7 Å². The number of ether oxygens (including phenoxy) is 1. The van der Waals surface area contributed by atoms with E-state index in [1.165, 1.54) is 38.1 Å². The molecule has 0 unspecified atom stereocenters. The number of benzene rings is 1. The van der Waals surface area contributed by atoms with Gasteiger partial charge in [0.15, 0.2) is 0 Å². The maximum atomic E-state index is 13.1. The molecule has 33 heavy (non-hydrogen) atoms. The molecule has 1 saturated carbocycles.